The van der Waals surface area contributed by atoms with Gasteiger partial charge in [-0.1, -0.05) is 24.3 Å². The van der Waals surface area contributed by atoms with Gasteiger partial charge in [0.05, 0.1) is 11.1 Å². The summed E-state index contributed by atoms with van der Waals surface area (Å²) in [7, 11) is 1.97. The molecule has 2 aromatic carbocycles. The second kappa shape index (κ2) is 7.15. The van der Waals surface area contributed by atoms with Crippen molar-refractivity contribution in [2.24, 2.45) is 7.05 Å². The molecule has 1 aliphatic rings. The lowest BCUT2D eigenvalue weighted by Crippen LogP contribution is -3.00. The normalized spacial score (nSPS) is 15.0. The summed E-state index contributed by atoms with van der Waals surface area (Å²) in [5, 5.41) is 0.879. The first-order valence-electron chi connectivity index (χ1n) is 8.26. The molecule has 0 unspecified atom stereocenters. The number of halogens is 2. The fourth-order valence-corrected chi connectivity index (χ4v) is 3.61. The molecule has 1 aliphatic carbocycles. The minimum Gasteiger partial charge on any atom is -1.00 e. The lowest BCUT2D eigenvalue weighted by molar-refractivity contribution is -0.653. The van der Waals surface area contributed by atoms with Crippen LogP contribution in [0.3, 0.4) is 0 Å². The Morgan fingerprint density at radius 3 is 2.65 bits per heavy atom. The Morgan fingerprint density at radius 1 is 1.12 bits per heavy atom. The van der Waals surface area contributed by atoms with Crippen LogP contribution in [0.15, 0.2) is 54.1 Å². The molecular formula is C21H18FIN2O. The second-order valence-corrected chi connectivity index (χ2v) is 6.37. The van der Waals surface area contributed by atoms with Crippen molar-refractivity contribution in [2.45, 2.75) is 12.8 Å². The molecule has 0 amide bonds. The Labute approximate surface area is 168 Å². The third kappa shape index (κ3) is 3.00. The van der Waals surface area contributed by atoms with Crippen LogP contribution in [0.25, 0.3) is 17.0 Å². The van der Waals surface area contributed by atoms with Crippen LogP contribution in [-0.4, -0.2) is 5.78 Å². The van der Waals surface area contributed by atoms with Gasteiger partial charge in [-0.2, -0.15) is 4.57 Å². The van der Waals surface area contributed by atoms with Crippen LogP contribution >= 0.6 is 0 Å². The third-order valence-corrected chi connectivity index (χ3v) is 4.86. The smallest absolute Gasteiger partial charge is 0.214 e. The number of benzene rings is 2. The van der Waals surface area contributed by atoms with Gasteiger partial charge in [0.2, 0.25) is 5.52 Å². The fraction of sp³-hybridized carbons (Fsp3) is 0.143. The van der Waals surface area contributed by atoms with Gasteiger partial charge in [0.25, 0.3) is 0 Å². The molecule has 1 aromatic heterocycles. The van der Waals surface area contributed by atoms with Crippen molar-refractivity contribution in [1.29, 1.82) is 0 Å². The third-order valence-electron chi connectivity index (χ3n) is 4.86. The van der Waals surface area contributed by atoms with E-state index in [1.807, 2.05) is 31.3 Å². The Bertz CT molecular complexity index is 1060. The van der Waals surface area contributed by atoms with E-state index >= 15 is 0 Å². The molecule has 3 nitrogen and oxygen atoms in total. The number of hydrogen-bond acceptors (Lipinski definition) is 2. The minimum absolute atomic E-state index is 0. The average molecular weight is 460 g/mol. The first kappa shape index (κ1) is 18.5. The van der Waals surface area contributed by atoms with Crippen molar-refractivity contribution in [2.75, 3.05) is 5.73 Å². The lowest BCUT2D eigenvalue weighted by Gasteiger charge is -2.18. The highest BCUT2D eigenvalue weighted by Gasteiger charge is 2.32. The highest BCUT2D eigenvalue weighted by atomic mass is 127. The van der Waals surface area contributed by atoms with Gasteiger partial charge in [-0.3, -0.25) is 4.79 Å². The molecule has 132 valence electrons. The van der Waals surface area contributed by atoms with Gasteiger partial charge in [0.1, 0.15) is 18.4 Å². The molecule has 2 N–H and O–H groups in total. The SMILES string of the molecule is C[n+]1c2c(c(N)c3ccccc31)C(=O)/C(=C/c1cccc(F)c1)CC2.[I-]. The number of ketones is 1. The summed E-state index contributed by atoms with van der Waals surface area (Å²) in [5.74, 6) is -0.376. The molecule has 0 aliphatic heterocycles. The number of anilines is 1. The van der Waals surface area contributed by atoms with E-state index in [1.165, 1.54) is 12.1 Å². The van der Waals surface area contributed by atoms with Crippen molar-refractivity contribution in [3.8, 4) is 0 Å². The summed E-state index contributed by atoms with van der Waals surface area (Å²) in [4.78, 5) is 13.1. The molecule has 1 heterocycles. The van der Waals surface area contributed by atoms with E-state index < -0.39 is 0 Å². The number of nitrogens with two attached hydrogens (primary N) is 1. The highest BCUT2D eigenvalue weighted by molar-refractivity contribution is 6.18. The molecule has 26 heavy (non-hydrogen) atoms. The largest absolute Gasteiger partial charge is 1.00 e. The van der Waals surface area contributed by atoms with Crippen molar-refractivity contribution in [3.05, 3.63) is 76.7 Å². The molecule has 0 saturated heterocycles. The fourth-order valence-electron chi connectivity index (χ4n) is 3.61. The summed E-state index contributed by atoms with van der Waals surface area (Å²) >= 11 is 0. The maximum absolute atomic E-state index is 13.4. The van der Waals surface area contributed by atoms with Crippen molar-refractivity contribution >= 4 is 28.4 Å². The number of nitrogens with zero attached hydrogens (tertiary/aromatic N) is 1. The number of allylic oxidation sites excluding steroid dienone is 1. The zero-order valence-corrected chi connectivity index (χ0v) is 16.5. The van der Waals surface area contributed by atoms with Crippen LogP contribution in [-0.2, 0) is 13.5 Å². The maximum Gasteiger partial charge on any atom is 0.214 e. The number of Topliss-reactive ketones (excluding diaryl/α,β-unsaturated/α-hetero) is 1. The number of para-hydroxylation sites is 1. The van der Waals surface area contributed by atoms with Crippen LogP contribution in [0.4, 0.5) is 10.1 Å². The van der Waals surface area contributed by atoms with Crippen LogP contribution in [0, 0.1) is 5.82 Å². The summed E-state index contributed by atoms with van der Waals surface area (Å²) in [5.41, 5.74) is 10.8. The Kier molecular flexibility index (Phi) is 5.09. The van der Waals surface area contributed by atoms with Gasteiger partial charge < -0.3 is 29.7 Å². The van der Waals surface area contributed by atoms with Gasteiger partial charge in [0.15, 0.2) is 11.5 Å². The van der Waals surface area contributed by atoms with Gasteiger partial charge in [-0.15, -0.1) is 0 Å². The first-order valence-corrected chi connectivity index (χ1v) is 8.26. The van der Waals surface area contributed by atoms with E-state index in [2.05, 4.69) is 4.57 Å². The molecule has 0 radical (unpaired) electrons. The van der Waals surface area contributed by atoms with Crippen LogP contribution in [0.2, 0.25) is 0 Å². The predicted octanol–water partition coefficient (Wildman–Crippen LogP) is 0.602. The number of carbonyl (C=O) groups excluding carboxylic acids is 1. The molecule has 4 rings (SSSR count). The topological polar surface area (TPSA) is 47.0 Å². The summed E-state index contributed by atoms with van der Waals surface area (Å²) in [6.45, 7) is 0. The zero-order valence-electron chi connectivity index (χ0n) is 14.3. The summed E-state index contributed by atoms with van der Waals surface area (Å²) in [6.07, 6.45) is 3.12. The Morgan fingerprint density at radius 2 is 1.88 bits per heavy atom. The number of pyridine rings is 1. The van der Waals surface area contributed by atoms with E-state index in [-0.39, 0.29) is 35.6 Å². The Hall–Kier alpha value is -2.28. The number of rotatable bonds is 1. The van der Waals surface area contributed by atoms with E-state index in [0.717, 1.165) is 23.0 Å². The van der Waals surface area contributed by atoms with Crippen LogP contribution in [0.5, 0.6) is 0 Å². The maximum atomic E-state index is 13.4. The number of carbonyl (C=O) groups is 1. The van der Waals surface area contributed by atoms with E-state index in [0.29, 0.717) is 28.8 Å². The predicted molar refractivity (Wildman–Crippen MR) is 96.6 cm³/mol. The standard InChI is InChI=1S/C21H17FN2O.HI/c1-24-17-8-3-2-7-16(17)20(23)19-18(24)10-9-14(21(19)25)11-13-5-4-6-15(22)12-13;/h2-8,11-12,23H,9-10H2,1H3;1H/b14-11+;. The van der Waals surface area contributed by atoms with Crippen molar-refractivity contribution in [1.82, 2.24) is 0 Å². The zero-order chi connectivity index (χ0) is 17.6. The number of fused-ring (bicyclic) bond motifs is 2. The van der Waals surface area contributed by atoms with Gasteiger partial charge in [0, 0.05) is 18.1 Å². The van der Waals surface area contributed by atoms with E-state index in [4.69, 9.17) is 5.73 Å². The molecule has 0 spiro atoms. The average Bonchev–Trinajstić information content (AvgIpc) is 2.61. The van der Waals surface area contributed by atoms with Gasteiger partial charge >= 0.3 is 0 Å². The number of hydrogen-bond donors (Lipinski definition) is 1. The quantitative estimate of drug-likeness (QED) is 0.329. The van der Waals surface area contributed by atoms with Crippen molar-refractivity contribution < 1.29 is 37.7 Å². The lowest BCUT2D eigenvalue weighted by atomic mass is 9.86. The molecular weight excluding hydrogens is 442 g/mol. The second-order valence-electron chi connectivity index (χ2n) is 6.37. The first-order chi connectivity index (χ1) is 12.1. The van der Waals surface area contributed by atoms with E-state index in [1.54, 1.807) is 18.2 Å². The Balaban J connectivity index is 0.00000196. The summed E-state index contributed by atoms with van der Waals surface area (Å²) in [6, 6.07) is 14.1. The highest BCUT2D eigenvalue weighted by Crippen LogP contribution is 2.32. The molecule has 0 fully saturated rings. The van der Waals surface area contributed by atoms with Gasteiger partial charge in [-0.25, -0.2) is 4.39 Å². The molecule has 0 bridgehead atoms. The monoisotopic (exact) mass is 460 g/mol. The molecule has 0 saturated carbocycles. The number of aryl methyl sites for hydroxylation is 1. The van der Waals surface area contributed by atoms with E-state index in [9.17, 15) is 9.18 Å². The molecule has 3 aromatic rings. The molecule has 5 heteroatoms. The van der Waals surface area contributed by atoms with Crippen LogP contribution < -0.4 is 34.3 Å². The molecule has 0 atom stereocenters. The number of aromatic nitrogens is 1. The van der Waals surface area contributed by atoms with Crippen LogP contribution in [0.1, 0.15) is 28.0 Å². The van der Waals surface area contributed by atoms with Crippen molar-refractivity contribution in [3.63, 3.8) is 0 Å². The minimum atomic E-state index is -0.310. The number of nitrogen functional groups attached to an aromatic ring is 1. The summed E-state index contributed by atoms with van der Waals surface area (Å²) < 4.78 is 15.5. The van der Waals surface area contributed by atoms with Gasteiger partial charge in [-0.05, 0) is 36.3 Å².